The number of carboxylic acids is 3. The molecule has 0 radical (unpaired) electrons. The summed E-state index contributed by atoms with van der Waals surface area (Å²) < 4.78 is 0. The van der Waals surface area contributed by atoms with Crippen LogP contribution in [0.25, 0.3) is 0 Å². The van der Waals surface area contributed by atoms with Crippen LogP contribution in [0.3, 0.4) is 0 Å². The fourth-order valence-corrected chi connectivity index (χ4v) is 2.49. The van der Waals surface area contributed by atoms with Crippen LogP contribution in [0.4, 0.5) is 0 Å². The van der Waals surface area contributed by atoms with E-state index < -0.39 is 85.0 Å². The number of hydrogen-bond donors (Lipinski definition) is 8. The van der Waals surface area contributed by atoms with Crippen molar-refractivity contribution in [1.29, 1.82) is 0 Å². The van der Waals surface area contributed by atoms with Crippen molar-refractivity contribution >= 4 is 48.3 Å². The van der Waals surface area contributed by atoms with Gasteiger partial charge in [-0.3, -0.25) is 24.0 Å². The zero-order valence-corrected chi connectivity index (χ0v) is 17.9. The Bertz CT molecular complexity index is 701. The molecule has 0 saturated heterocycles. The summed E-state index contributed by atoms with van der Waals surface area (Å²) in [6.07, 6.45) is -1.87. The van der Waals surface area contributed by atoms with E-state index in [-0.39, 0.29) is 5.75 Å². The molecule has 0 rings (SSSR count). The minimum atomic E-state index is -1.79. The van der Waals surface area contributed by atoms with Crippen LogP contribution in [0.1, 0.15) is 33.1 Å². The smallest absolute Gasteiger partial charge is 0.326 e. The summed E-state index contributed by atoms with van der Waals surface area (Å²) in [4.78, 5) is 70.0. The van der Waals surface area contributed by atoms with Gasteiger partial charge in [-0.25, -0.2) is 4.79 Å². The molecule has 13 nitrogen and oxygen atoms in total. The molecule has 0 fully saturated rings. The van der Waals surface area contributed by atoms with Crippen molar-refractivity contribution in [3.05, 3.63) is 0 Å². The molecule has 4 unspecified atom stereocenters. The Morgan fingerprint density at radius 2 is 1.39 bits per heavy atom. The molecule has 4 atom stereocenters. The molecule has 0 aliphatic carbocycles. The monoisotopic (exact) mass is 464 g/mol. The Kier molecular flexibility index (Phi) is 12.2. The molecule has 0 bridgehead atoms. The summed E-state index contributed by atoms with van der Waals surface area (Å²) in [5.74, 6) is -7.38. The molecule has 0 saturated carbocycles. The number of nitrogens with one attached hydrogen (secondary N) is 3. The third-order valence-electron chi connectivity index (χ3n) is 4.05. The van der Waals surface area contributed by atoms with E-state index in [0.717, 1.165) is 0 Å². The summed E-state index contributed by atoms with van der Waals surface area (Å²) >= 11 is 3.90. The standard InChI is InChI=1S/C17H28N4O9S/c1-7(2)13(21-14(26)8(18)6-31)16(28)19-9(3-4-11(22)23)15(27)20-10(17(29)30)5-12(24)25/h7-10,13,31H,3-6,18H2,1-2H3,(H,19,28)(H,20,27)(H,21,26)(H,22,23)(H,24,25)(H,29,30). The second-order valence-electron chi connectivity index (χ2n) is 7.01. The van der Waals surface area contributed by atoms with Crippen molar-refractivity contribution in [2.24, 2.45) is 11.7 Å². The van der Waals surface area contributed by atoms with E-state index in [4.69, 9.17) is 21.1 Å². The normalized spacial score (nSPS) is 14.6. The molecule has 176 valence electrons. The Balaban J connectivity index is 5.50. The maximum absolute atomic E-state index is 12.7. The predicted octanol–water partition coefficient (Wildman–Crippen LogP) is -2.22. The van der Waals surface area contributed by atoms with Gasteiger partial charge in [-0.1, -0.05) is 13.8 Å². The van der Waals surface area contributed by atoms with Crippen LogP contribution in [0.15, 0.2) is 0 Å². The van der Waals surface area contributed by atoms with Crippen LogP contribution in [-0.4, -0.2) is 80.9 Å². The lowest BCUT2D eigenvalue weighted by atomic mass is 10.0. The van der Waals surface area contributed by atoms with E-state index in [1.54, 1.807) is 13.8 Å². The number of amides is 3. The van der Waals surface area contributed by atoms with Crippen molar-refractivity contribution < 1.29 is 44.1 Å². The molecular weight excluding hydrogens is 436 g/mol. The molecule has 31 heavy (non-hydrogen) atoms. The van der Waals surface area contributed by atoms with Crippen molar-refractivity contribution in [3.63, 3.8) is 0 Å². The van der Waals surface area contributed by atoms with Crippen molar-refractivity contribution in [2.75, 3.05) is 5.75 Å². The summed E-state index contributed by atoms with van der Waals surface area (Å²) in [7, 11) is 0. The van der Waals surface area contributed by atoms with E-state index >= 15 is 0 Å². The van der Waals surface area contributed by atoms with Crippen LogP contribution >= 0.6 is 12.6 Å². The molecule has 0 aliphatic heterocycles. The molecule has 0 aromatic carbocycles. The maximum Gasteiger partial charge on any atom is 0.326 e. The van der Waals surface area contributed by atoms with Crippen LogP contribution in [0, 0.1) is 5.92 Å². The number of carboxylic acid groups (broad SMARTS) is 3. The SMILES string of the molecule is CC(C)C(NC(=O)C(N)CS)C(=O)NC(CCC(=O)O)C(=O)NC(CC(=O)O)C(=O)O. The van der Waals surface area contributed by atoms with Gasteiger partial charge in [0.25, 0.3) is 0 Å². The van der Waals surface area contributed by atoms with E-state index in [0.29, 0.717) is 0 Å². The zero-order valence-electron chi connectivity index (χ0n) is 17.0. The highest BCUT2D eigenvalue weighted by Gasteiger charge is 2.32. The lowest BCUT2D eigenvalue weighted by Crippen LogP contribution is -2.58. The number of nitrogens with two attached hydrogens (primary N) is 1. The molecule has 0 aliphatic rings. The first-order valence-electron chi connectivity index (χ1n) is 9.24. The number of hydrogen-bond acceptors (Lipinski definition) is 8. The minimum Gasteiger partial charge on any atom is -0.481 e. The Labute approximate surface area is 183 Å². The number of aliphatic carboxylic acids is 3. The van der Waals surface area contributed by atoms with Gasteiger partial charge in [0.15, 0.2) is 0 Å². The lowest BCUT2D eigenvalue weighted by Gasteiger charge is -2.26. The van der Waals surface area contributed by atoms with Crippen LogP contribution in [0.2, 0.25) is 0 Å². The van der Waals surface area contributed by atoms with Gasteiger partial charge in [0.05, 0.1) is 12.5 Å². The van der Waals surface area contributed by atoms with Crippen molar-refractivity contribution in [3.8, 4) is 0 Å². The molecule has 8 N–H and O–H groups in total. The number of carbonyl (C=O) groups is 6. The molecule has 0 aromatic heterocycles. The molecule has 3 amide bonds. The van der Waals surface area contributed by atoms with Gasteiger partial charge in [-0.2, -0.15) is 12.6 Å². The third-order valence-corrected chi connectivity index (χ3v) is 4.45. The van der Waals surface area contributed by atoms with Gasteiger partial charge in [-0.05, 0) is 12.3 Å². The third kappa shape index (κ3) is 10.6. The molecule has 0 heterocycles. The maximum atomic E-state index is 12.7. The van der Waals surface area contributed by atoms with Gasteiger partial charge < -0.3 is 37.0 Å². The highest BCUT2D eigenvalue weighted by atomic mass is 32.1. The fraction of sp³-hybridized carbons (Fsp3) is 0.647. The zero-order chi connectivity index (χ0) is 24.3. The molecule has 0 spiro atoms. The fourth-order valence-electron chi connectivity index (χ4n) is 2.32. The van der Waals surface area contributed by atoms with Crippen molar-refractivity contribution in [2.45, 2.75) is 57.3 Å². The van der Waals surface area contributed by atoms with E-state index in [1.807, 2.05) is 5.32 Å². The van der Waals surface area contributed by atoms with E-state index in [2.05, 4.69) is 23.3 Å². The Morgan fingerprint density at radius 1 is 0.839 bits per heavy atom. The van der Waals surface area contributed by atoms with Crippen LogP contribution in [-0.2, 0) is 28.8 Å². The van der Waals surface area contributed by atoms with Gasteiger partial charge in [0, 0.05) is 12.2 Å². The molecule has 14 heteroatoms. The Hall–Kier alpha value is -2.87. The first-order chi connectivity index (χ1) is 14.3. The quantitative estimate of drug-likeness (QED) is 0.129. The summed E-state index contributed by atoms with van der Waals surface area (Å²) in [5.41, 5.74) is 5.57. The highest BCUT2D eigenvalue weighted by molar-refractivity contribution is 7.80. The predicted molar refractivity (Wildman–Crippen MR) is 109 cm³/mol. The molecular formula is C17H28N4O9S. The molecule has 0 aromatic rings. The first-order valence-corrected chi connectivity index (χ1v) is 9.87. The van der Waals surface area contributed by atoms with Gasteiger partial charge in [0.2, 0.25) is 17.7 Å². The topological polar surface area (TPSA) is 225 Å². The first kappa shape index (κ1) is 28.1. The lowest BCUT2D eigenvalue weighted by molar-refractivity contribution is -0.147. The van der Waals surface area contributed by atoms with E-state index in [1.165, 1.54) is 0 Å². The van der Waals surface area contributed by atoms with E-state index in [9.17, 15) is 28.8 Å². The largest absolute Gasteiger partial charge is 0.481 e. The average molecular weight is 464 g/mol. The summed E-state index contributed by atoms with van der Waals surface area (Å²) in [6.45, 7) is 3.22. The van der Waals surface area contributed by atoms with Gasteiger partial charge >= 0.3 is 17.9 Å². The second-order valence-corrected chi connectivity index (χ2v) is 7.38. The Morgan fingerprint density at radius 3 is 1.81 bits per heavy atom. The second kappa shape index (κ2) is 13.4. The van der Waals surface area contributed by atoms with Crippen molar-refractivity contribution in [1.82, 2.24) is 16.0 Å². The van der Waals surface area contributed by atoms with Crippen LogP contribution < -0.4 is 21.7 Å². The van der Waals surface area contributed by atoms with Gasteiger partial charge in [-0.15, -0.1) is 0 Å². The summed E-state index contributed by atoms with van der Waals surface area (Å²) in [5, 5.41) is 33.4. The summed E-state index contributed by atoms with van der Waals surface area (Å²) in [6, 6.07) is -5.40. The average Bonchev–Trinajstić information content (AvgIpc) is 2.66. The number of thiol groups is 1. The number of rotatable bonds is 14. The number of carbonyl (C=O) groups excluding carboxylic acids is 3. The minimum absolute atomic E-state index is 0.0159. The van der Waals surface area contributed by atoms with Gasteiger partial charge in [0.1, 0.15) is 18.1 Å². The highest BCUT2D eigenvalue weighted by Crippen LogP contribution is 2.06. The van der Waals surface area contributed by atoms with Crippen LogP contribution in [0.5, 0.6) is 0 Å².